The predicted molar refractivity (Wildman–Crippen MR) is 53.5 cm³/mol. The van der Waals surface area contributed by atoms with Gasteiger partial charge in [0, 0.05) is 17.4 Å². The average molecular weight is 236 g/mol. The van der Waals surface area contributed by atoms with Crippen molar-refractivity contribution in [2.75, 3.05) is 0 Å². The number of hydrogen-bond acceptors (Lipinski definition) is 0. The van der Waals surface area contributed by atoms with Gasteiger partial charge in [-0.15, -0.1) is 12.4 Å². The van der Waals surface area contributed by atoms with Gasteiger partial charge in [-0.25, -0.2) is 9.13 Å². The molecule has 0 N–H and O–H groups in total. The van der Waals surface area contributed by atoms with Gasteiger partial charge in [-0.3, -0.25) is 0 Å². The highest BCUT2D eigenvalue weighted by atomic mass is 35.5. The number of hydrogen-bond donors (Lipinski definition) is 0. The van der Waals surface area contributed by atoms with Gasteiger partial charge in [-0.1, -0.05) is 12.7 Å². The monoisotopic (exact) mass is 235 g/mol. The summed E-state index contributed by atoms with van der Waals surface area (Å²) in [6, 6.07) is 0. The van der Waals surface area contributed by atoms with E-state index in [1.54, 1.807) is 0 Å². The summed E-state index contributed by atoms with van der Waals surface area (Å²) in [6.07, 6.45) is 8.07. The molecule has 1 rings (SSSR count). The van der Waals surface area contributed by atoms with Crippen molar-refractivity contribution in [1.29, 1.82) is 0 Å². The summed E-state index contributed by atoms with van der Waals surface area (Å²) >= 11 is 0. The van der Waals surface area contributed by atoms with Crippen LogP contribution in [0.25, 0.3) is 0 Å². The molecule has 2 nitrogen and oxygen atoms in total. The second kappa shape index (κ2) is 10.1. The van der Waals surface area contributed by atoms with Crippen molar-refractivity contribution in [3.05, 3.63) is 31.4 Å². The molecule has 0 atom stereocenters. The SMILES string of the molecule is C=CC[n+]1ccn(CC)c1.Cl.[Al].[Cl-]. The van der Waals surface area contributed by atoms with Crippen molar-refractivity contribution in [2.24, 2.45) is 0 Å². The first-order valence-electron chi connectivity index (χ1n) is 3.52. The number of imidazole rings is 1. The van der Waals surface area contributed by atoms with Crippen LogP contribution in [0, 0.1) is 0 Å². The zero-order chi connectivity index (χ0) is 7.40. The Hall–Kier alpha value is 0.0625. The van der Waals surface area contributed by atoms with Crippen LogP contribution in [-0.2, 0) is 13.1 Å². The number of rotatable bonds is 3. The minimum Gasteiger partial charge on any atom is -1.00 e. The van der Waals surface area contributed by atoms with Crippen molar-refractivity contribution in [3.8, 4) is 0 Å². The molecule has 0 aliphatic heterocycles. The molecule has 0 amide bonds. The first-order chi connectivity index (χ1) is 4.86. The number of aryl methyl sites for hydroxylation is 1. The van der Waals surface area contributed by atoms with Gasteiger partial charge in [0.2, 0.25) is 6.33 Å². The minimum absolute atomic E-state index is 0. The molecule has 0 unspecified atom stereocenters. The minimum atomic E-state index is 0. The van der Waals surface area contributed by atoms with Gasteiger partial charge in [0.25, 0.3) is 0 Å². The molecular weight excluding hydrogens is 222 g/mol. The van der Waals surface area contributed by atoms with Crippen molar-refractivity contribution >= 4 is 29.8 Å². The molecule has 3 radical (unpaired) electrons. The number of nitrogens with zero attached hydrogens (tertiary/aromatic N) is 2. The molecule has 0 saturated carbocycles. The molecule has 0 aliphatic rings. The van der Waals surface area contributed by atoms with Crippen LogP contribution in [0.15, 0.2) is 31.4 Å². The summed E-state index contributed by atoms with van der Waals surface area (Å²) < 4.78 is 4.22. The molecule has 5 heteroatoms. The highest BCUT2D eigenvalue weighted by Crippen LogP contribution is 1.82. The molecular formula is C8H14AlCl2N2. The van der Waals surface area contributed by atoms with Gasteiger partial charge in [-0.05, 0) is 6.92 Å². The van der Waals surface area contributed by atoms with Gasteiger partial charge >= 0.3 is 0 Å². The van der Waals surface area contributed by atoms with E-state index in [-0.39, 0.29) is 42.2 Å². The summed E-state index contributed by atoms with van der Waals surface area (Å²) in [4.78, 5) is 0. The van der Waals surface area contributed by atoms with Crippen molar-refractivity contribution in [1.82, 2.24) is 4.57 Å². The molecule has 0 saturated heterocycles. The molecule has 73 valence electrons. The molecule has 0 bridgehead atoms. The summed E-state index contributed by atoms with van der Waals surface area (Å²) in [7, 11) is 0. The molecule has 13 heavy (non-hydrogen) atoms. The van der Waals surface area contributed by atoms with Crippen molar-refractivity contribution in [3.63, 3.8) is 0 Å². The van der Waals surface area contributed by atoms with E-state index >= 15 is 0 Å². The van der Waals surface area contributed by atoms with Crippen LogP contribution >= 0.6 is 12.4 Å². The topological polar surface area (TPSA) is 8.81 Å². The zero-order valence-electron chi connectivity index (χ0n) is 7.69. The summed E-state index contributed by atoms with van der Waals surface area (Å²) in [5.74, 6) is 0. The van der Waals surface area contributed by atoms with E-state index in [4.69, 9.17) is 0 Å². The fraction of sp³-hybridized carbons (Fsp3) is 0.375. The van der Waals surface area contributed by atoms with Crippen LogP contribution in [0.1, 0.15) is 6.92 Å². The molecule has 0 fully saturated rings. The van der Waals surface area contributed by atoms with Crippen LogP contribution in [-0.4, -0.2) is 21.9 Å². The Bertz CT molecular complexity index is 226. The number of aromatic nitrogens is 2. The second-order valence-electron chi connectivity index (χ2n) is 2.23. The highest BCUT2D eigenvalue weighted by molar-refractivity contribution is 5.85. The van der Waals surface area contributed by atoms with Crippen molar-refractivity contribution in [2.45, 2.75) is 20.0 Å². The first-order valence-corrected chi connectivity index (χ1v) is 3.52. The quantitative estimate of drug-likeness (QED) is 0.327. The van der Waals surface area contributed by atoms with E-state index in [1.807, 2.05) is 12.3 Å². The standard InChI is InChI=1S/C8H13N2.Al.2ClH/c1-3-5-10-7-6-9(4-2)8-10;;;/h3,6-8H,1,4-5H2,2H3;;2*1H/q+1;;;/p-1. The van der Waals surface area contributed by atoms with Gasteiger partial charge < -0.3 is 12.4 Å². The van der Waals surface area contributed by atoms with E-state index in [0.29, 0.717) is 0 Å². The third kappa shape index (κ3) is 6.18. The van der Waals surface area contributed by atoms with Gasteiger partial charge in [0.05, 0.1) is 6.54 Å². The lowest BCUT2D eigenvalue weighted by atomic mass is 10.6. The molecule has 0 aromatic carbocycles. The molecule has 1 aromatic heterocycles. The second-order valence-corrected chi connectivity index (χ2v) is 2.23. The van der Waals surface area contributed by atoms with Crippen LogP contribution in [0.5, 0.6) is 0 Å². The Morgan fingerprint density at radius 3 is 2.54 bits per heavy atom. The first kappa shape index (κ1) is 18.8. The Kier molecular flexibility index (Phi) is 14.6. The lowest BCUT2D eigenvalue weighted by Crippen LogP contribution is -3.00. The van der Waals surface area contributed by atoms with Crippen LogP contribution in [0.2, 0.25) is 0 Å². The average Bonchev–Trinajstić information content (AvgIpc) is 2.37. The molecule has 1 heterocycles. The lowest BCUT2D eigenvalue weighted by molar-refractivity contribution is -0.686. The number of allylic oxidation sites excluding steroid dienone is 1. The normalized spacial score (nSPS) is 7.46. The molecule has 0 aliphatic carbocycles. The summed E-state index contributed by atoms with van der Waals surface area (Å²) in [6.45, 7) is 7.71. The van der Waals surface area contributed by atoms with E-state index in [2.05, 4.69) is 35.2 Å². The third-order valence-electron chi connectivity index (χ3n) is 1.45. The van der Waals surface area contributed by atoms with Gasteiger partial charge in [-0.2, -0.15) is 0 Å². The van der Waals surface area contributed by atoms with Gasteiger partial charge in [0.15, 0.2) is 0 Å². The Morgan fingerprint density at radius 1 is 1.54 bits per heavy atom. The highest BCUT2D eigenvalue weighted by Gasteiger charge is 1.96. The maximum Gasteiger partial charge on any atom is 0.244 e. The van der Waals surface area contributed by atoms with E-state index in [1.165, 1.54) is 0 Å². The van der Waals surface area contributed by atoms with Gasteiger partial charge in [0.1, 0.15) is 18.9 Å². The Labute approximate surface area is 103 Å². The smallest absolute Gasteiger partial charge is 0.244 e. The fourth-order valence-corrected chi connectivity index (χ4v) is 0.883. The van der Waals surface area contributed by atoms with E-state index in [0.717, 1.165) is 13.1 Å². The summed E-state index contributed by atoms with van der Waals surface area (Å²) in [5, 5.41) is 0. The maximum absolute atomic E-state index is 3.66. The van der Waals surface area contributed by atoms with E-state index in [9.17, 15) is 0 Å². The number of halogens is 2. The van der Waals surface area contributed by atoms with Crippen LogP contribution in [0.3, 0.4) is 0 Å². The Balaban J connectivity index is -0.000000333. The Morgan fingerprint density at radius 2 is 2.15 bits per heavy atom. The lowest BCUT2D eigenvalue weighted by Gasteiger charge is -1.85. The predicted octanol–water partition coefficient (Wildman–Crippen LogP) is -1.97. The maximum atomic E-state index is 3.66. The van der Waals surface area contributed by atoms with Crippen LogP contribution in [0.4, 0.5) is 0 Å². The van der Waals surface area contributed by atoms with E-state index < -0.39 is 0 Å². The molecule has 1 aromatic rings. The largest absolute Gasteiger partial charge is 1.00 e. The zero-order valence-corrected chi connectivity index (χ0v) is 10.4. The third-order valence-corrected chi connectivity index (χ3v) is 1.45. The van der Waals surface area contributed by atoms with Crippen LogP contribution < -0.4 is 17.0 Å². The van der Waals surface area contributed by atoms with Crippen molar-refractivity contribution < 1.29 is 17.0 Å². The fourth-order valence-electron chi connectivity index (χ4n) is 0.883. The summed E-state index contributed by atoms with van der Waals surface area (Å²) in [5.41, 5.74) is 0. The molecule has 0 spiro atoms.